The van der Waals surface area contributed by atoms with Gasteiger partial charge in [0.15, 0.2) is 0 Å². The lowest BCUT2D eigenvalue weighted by Crippen LogP contribution is -2.49. The fourth-order valence-corrected chi connectivity index (χ4v) is 11.3. The van der Waals surface area contributed by atoms with Crippen molar-refractivity contribution in [2.75, 3.05) is 91.7 Å². The van der Waals surface area contributed by atoms with Crippen LogP contribution in [-0.2, 0) is 35.1 Å². The van der Waals surface area contributed by atoms with Crippen LogP contribution in [0.1, 0.15) is 96.3 Å². The van der Waals surface area contributed by atoms with Gasteiger partial charge in [-0.15, -0.1) is 0 Å². The van der Waals surface area contributed by atoms with Crippen LogP contribution in [0.5, 0.6) is 11.5 Å². The molecule has 2 amide bonds. The van der Waals surface area contributed by atoms with E-state index in [1.54, 1.807) is 97.0 Å². The van der Waals surface area contributed by atoms with Crippen molar-refractivity contribution in [3.05, 3.63) is 142 Å². The summed E-state index contributed by atoms with van der Waals surface area (Å²) < 4.78 is 23.6. The Labute approximate surface area is 489 Å². The highest BCUT2D eigenvalue weighted by molar-refractivity contribution is 7.99. The number of esters is 2. The number of carboxylic acids is 1. The minimum absolute atomic E-state index is 0.00873. The van der Waals surface area contributed by atoms with E-state index in [0.29, 0.717) is 64.7 Å². The van der Waals surface area contributed by atoms with Crippen molar-refractivity contribution >= 4 is 81.3 Å². The van der Waals surface area contributed by atoms with Crippen LogP contribution in [0.2, 0.25) is 5.02 Å². The molecule has 6 aromatic rings. The molecular formula is C63H75ClN6O11S. The van der Waals surface area contributed by atoms with Crippen LogP contribution in [0, 0.1) is 6.92 Å². The van der Waals surface area contributed by atoms with Crippen LogP contribution in [0.25, 0.3) is 10.9 Å². The Kier molecular flexibility index (Phi) is 22.8. The maximum Gasteiger partial charge on any atom is 0.310 e. The van der Waals surface area contributed by atoms with E-state index >= 15 is 0 Å². The van der Waals surface area contributed by atoms with Crippen molar-refractivity contribution in [1.82, 2.24) is 24.6 Å². The molecule has 82 heavy (non-hydrogen) atoms. The smallest absolute Gasteiger partial charge is 0.310 e. The van der Waals surface area contributed by atoms with Crippen molar-refractivity contribution in [2.24, 2.45) is 0 Å². The molecule has 2 unspecified atom stereocenters. The number of fused-ring (bicyclic) bond motifs is 3. The lowest BCUT2D eigenvalue weighted by Gasteiger charge is -2.34. The van der Waals surface area contributed by atoms with E-state index in [1.807, 2.05) is 82.4 Å². The van der Waals surface area contributed by atoms with E-state index in [2.05, 4.69) is 20.0 Å². The van der Waals surface area contributed by atoms with E-state index in [0.717, 1.165) is 83.4 Å². The number of aliphatic carboxylic acids is 1. The van der Waals surface area contributed by atoms with Gasteiger partial charge in [-0.1, -0.05) is 61.5 Å². The maximum absolute atomic E-state index is 13.6. The molecule has 8 rings (SSSR count). The molecule has 19 heteroatoms. The molecular weight excluding hydrogens is 1080 g/mol. The predicted octanol–water partition coefficient (Wildman–Crippen LogP) is 10.3. The minimum atomic E-state index is -0.830. The first kappa shape index (κ1) is 62.2. The highest BCUT2D eigenvalue weighted by Crippen LogP contribution is 2.49. The SMILES string of the molecule is CCCN(CCC)C(=O)C(CCC(=O)OCCCN1CCN(CCOC(=O)Cc2c(C)n(C(=O)c3ccc(Cl)cc3)c3ccc(OC)cc23)CC1)NC(=O)c1ccccc1.COc1ccc2c(c1)Sc1ccc(C(C)C(=O)O)cc1N2C. The molecule has 2 aliphatic rings. The number of carbonyl (C=O) groups is 6. The van der Waals surface area contributed by atoms with Crippen LogP contribution < -0.4 is 19.7 Å². The molecule has 2 aliphatic heterocycles. The lowest BCUT2D eigenvalue weighted by molar-refractivity contribution is -0.145. The second kappa shape index (κ2) is 30.1. The molecule has 436 valence electrons. The van der Waals surface area contributed by atoms with Gasteiger partial charge in [0.1, 0.15) is 24.1 Å². The largest absolute Gasteiger partial charge is 0.497 e. The molecule has 0 saturated carbocycles. The number of methoxy groups -OCH3 is 2. The summed E-state index contributed by atoms with van der Waals surface area (Å²) in [4.78, 5) is 87.8. The van der Waals surface area contributed by atoms with Gasteiger partial charge < -0.3 is 44.1 Å². The first-order chi connectivity index (χ1) is 39.5. The molecule has 2 atom stereocenters. The normalized spacial score (nSPS) is 13.8. The summed E-state index contributed by atoms with van der Waals surface area (Å²) in [5.41, 5.74) is 5.93. The van der Waals surface area contributed by atoms with Gasteiger partial charge >= 0.3 is 17.9 Å². The lowest BCUT2D eigenvalue weighted by atomic mass is 10.0. The van der Waals surface area contributed by atoms with Crippen molar-refractivity contribution < 1.29 is 52.8 Å². The first-order valence-electron chi connectivity index (χ1n) is 27.9. The zero-order chi connectivity index (χ0) is 58.9. The number of carbonyl (C=O) groups excluding carboxylic acids is 5. The summed E-state index contributed by atoms with van der Waals surface area (Å²) in [6, 6.07) is 31.9. The van der Waals surface area contributed by atoms with Crippen LogP contribution in [0.15, 0.2) is 119 Å². The van der Waals surface area contributed by atoms with Gasteiger partial charge in [-0.25, -0.2) is 0 Å². The molecule has 1 saturated heterocycles. The van der Waals surface area contributed by atoms with Crippen molar-refractivity contribution in [3.63, 3.8) is 0 Å². The number of benzene rings is 5. The predicted molar refractivity (Wildman–Crippen MR) is 319 cm³/mol. The molecule has 5 aromatic carbocycles. The summed E-state index contributed by atoms with van der Waals surface area (Å²) >= 11 is 7.73. The quantitative estimate of drug-likeness (QED) is 0.0430. The van der Waals surface area contributed by atoms with Gasteiger partial charge in [-0.05, 0) is 136 Å². The highest BCUT2D eigenvalue weighted by Gasteiger charge is 2.29. The molecule has 0 radical (unpaired) electrons. The number of nitrogens with zero attached hydrogens (tertiary/aromatic N) is 5. The summed E-state index contributed by atoms with van der Waals surface area (Å²) in [5, 5.41) is 13.3. The van der Waals surface area contributed by atoms with Gasteiger partial charge in [-0.3, -0.25) is 38.2 Å². The summed E-state index contributed by atoms with van der Waals surface area (Å²) in [5.74, 6) is -1.40. The topological polar surface area (TPSA) is 189 Å². The third-order valence-corrected chi connectivity index (χ3v) is 16.1. The summed E-state index contributed by atoms with van der Waals surface area (Å²) in [6.45, 7) is 13.9. The monoisotopic (exact) mass is 1160 g/mol. The zero-order valence-electron chi connectivity index (χ0n) is 47.9. The fourth-order valence-electron chi connectivity index (χ4n) is 10.0. The zero-order valence-corrected chi connectivity index (χ0v) is 49.5. The number of amides is 2. The molecule has 0 bridgehead atoms. The van der Waals surface area contributed by atoms with Gasteiger partial charge in [0, 0.05) is 103 Å². The molecule has 1 aromatic heterocycles. The fraction of sp³-hybridized carbons (Fsp3) is 0.397. The van der Waals surface area contributed by atoms with Crippen LogP contribution in [0.4, 0.5) is 11.4 Å². The van der Waals surface area contributed by atoms with Crippen LogP contribution in [-0.4, -0.2) is 153 Å². The molecule has 2 N–H and O–H groups in total. The van der Waals surface area contributed by atoms with E-state index in [4.69, 9.17) is 30.5 Å². The van der Waals surface area contributed by atoms with Crippen LogP contribution in [0.3, 0.4) is 0 Å². The van der Waals surface area contributed by atoms with E-state index < -0.39 is 23.9 Å². The number of aromatic nitrogens is 1. The second-order valence-electron chi connectivity index (χ2n) is 20.3. The van der Waals surface area contributed by atoms with Crippen molar-refractivity contribution in [3.8, 4) is 11.5 Å². The Morgan fingerprint density at radius 1 is 0.732 bits per heavy atom. The van der Waals surface area contributed by atoms with Crippen molar-refractivity contribution in [1.29, 1.82) is 0 Å². The molecule has 0 aliphatic carbocycles. The van der Waals surface area contributed by atoms with Gasteiger partial charge in [-0.2, -0.15) is 0 Å². The number of nitrogens with one attached hydrogen (secondary N) is 1. The Morgan fingerprint density at radius 2 is 1.38 bits per heavy atom. The number of piperazine rings is 1. The second-order valence-corrected chi connectivity index (χ2v) is 21.8. The standard InChI is InChI=1S/C46H58ClN5O8.C17H17NO3S/c1-5-21-51(22-6-2)46(57)40(48-44(55)34-11-8-7-9-12-34)18-20-42(53)59-29-10-23-49-24-26-50(27-25-49)28-30-60-43(54)32-38-33(3)52(41-19-17-37(58-4)31-39(38)41)45(56)35-13-15-36(47)16-14-35;1-10(17(19)20)11-4-7-15-14(8-11)18(2)13-6-5-12(21-3)9-16(13)22-15/h7-9,11-17,19,31,40H,5-6,10,18,20-30,32H2,1-4H3,(H,48,55);4-10H,1-3H3,(H,19,20). The Hall–Kier alpha value is -7.38. The average Bonchev–Trinajstić information content (AvgIpc) is 2.81. The minimum Gasteiger partial charge on any atom is -0.497 e. The Balaban J connectivity index is 0.000000364. The number of halogens is 1. The summed E-state index contributed by atoms with van der Waals surface area (Å²) in [7, 11) is 5.23. The third kappa shape index (κ3) is 16.2. The van der Waals surface area contributed by atoms with E-state index in [1.165, 1.54) is 0 Å². The van der Waals surface area contributed by atoms with Gasteiger partial charge in [0.25, 0.3) is 11.8 Å². The average molecular weight is 1160 g/mol. The number of carboxylic acid groups (broad SMARTS) is 1. The summed E-state index contributed by atoms with van der Waals surface area (Å²) in [6.07, 6.45) is 2.44. The number of hydrogen-bond acceptors (Lipinski definition) is 14. The molecule has 3 heterocycles. The maximum atomic E-state index is 13.6. The number of hydrogen-bond donors (Lipinski definition) is 2. The van der Waals surface area contributed by atoms with E-state index in [-0.39, 0.29) is 56.2 Å². The molecule has 17 nitrogen and oxygen atoms in total. The van der Waals surface area contributed by atoms with Crippen molar-refractivity contribution in [2.45, 2.75) is 88.0 Å². The number of anilines is 2. The Morgan fingerprint density at radius 3 is 2.04 bits per heavy atom. The highest BCUT2D eigenvalue weighted by atomic mass is 35.5. The Bertz CT molecular complexity index is 3180. The van der Waals surface area contributed by atoms with Crippen LogP contribution >= 0.6 is 23.4 Å². The molecule has 1 fully saturated rings. The number of ether oxygens (including phenoxy) is 4. The molecule has 0 spiro atoms. The third-order valence-electron chi connectivity index (χ3n) is 14.7. The first-order valence-corrected chi connectivity index (χ1v) is 29.1. The van der Waals surface area contributed by atoms with E-state index in [9.17, 15) is 33.9 Å². The number of rotatable bonds is 24. The van der Waals surface area contributed by atoms with Gasteiger partial charge in [0.2, 0.25) is 5.91 Å². The van der Waals surface area contributed by atoms with Gasteiger partial charge in [0.05, 0.1) is 50.1 Å².